The number of nitrogens with one attached hydrogen (secondary N) is 1. The molecule has 116 valence electrons. The van der Waals surface area contributed by atoms with E-state index in [1.807, 2.05) is 6.92 Å². The number of H-pyrrole nitrogens is 1. The van der Waals surface area contributed by atoms with Crippen LogP contribution < -0.4 is 0 Å². The lowest BCUT2D eigenvalue weighted by Crippen LogP contribution is -2.49. The second kappa shape index (κ2) is 7.19. The minimum absolute atomic E-state index is 0.134. The van der Waals surface area contributed by atoms with Crippen LogP contribution in [-0.4, -0.2) is 51.2 Å². The zero-order valence-electron chi connectivity index (χ0n) is 12.6. The summed E-state index contributed by atoms with van der Waals surface area (Å²) in [4.78, 5) is 30.2. The second-order valence-corrected chi connectivity index (χ2v) is 5.12. The van der Waals surface area contributed by atoms with Gasteiger partial charge in [0.1, 0.15) is 11.9 Å². The van der Waals surface area contributed by atoms with Crippen molar-refractivity contribution < 1.29 is 14.3 Å². The molecule has 1 N–H and O–H groups in total. The Bertz CT molecular complexity index is 500. The molecular formula is C14H22N4O3. The fourth-order valence-electron chi connectivity index (χ4n) is 2.53. The molecule has 1 amide bonds. The molecule has 0 saturated carbocycles. The number of esters is 1. The molecule has 0 radical (unpaired) electrons. The zero-order valence-corrected chi connectivity index (χ0v) is 12.6. The number of carbonyl (C=O) groups excluding carboxylic acids is 2. The molecule has 1 aromatic heterocycles. The largest absolute Gasteiger partial charge is 0.464 e. The van der Waals surface area contributed by atoms with Crippen LogP contribution in [0.5, 0.6) is 0 Å². The van der Waals surface area contributed by atoms with Gasteiger partial charge in [0.15, 0.2) is 0 Å². The number of likely N-dealkylation sites (tertiary alicyclic amines) is 1. The van der Waals surface area contributed by atoms with E-state index in [2.05, 4.69) is 15.2 Å². The van der Waals surface area contributed by atoms with E-state index in [0.717, 1.165) is 25.7 Å². The summed E-state index contributed by atoms with van der Waals surface area (Å²) < 4.78 is 5.06. The molecule has 1 saturated heterocycles. The number of nitrogens with zero attached hydrogens (tertiary/aromatic N) is 3. The van der Waals surface area contributed by atoms with Gasteiger partial charge in [0, 0.05) is 13.0 Å². The van der Waals surface area contributed by atoms with Gasteiger partial charge >= 0.3 is 5.97 Å². The third-order valence-corrected chi connectivity index (χ3v) is 3.53. The monoisotopic (exact) mass is 294 g/mol. The lowest BCUT2D eigenvalue weighted by Gasteiger charge is -2.33. The fraction of sp³-hybridized carbons (Fsp3) is 0.714. The molecular weight excluding hydrogens is 272 g/mol. The predicted molar refractivity (Wildman–Crippen MR) is 75.7 cm³/mol. The predicted octanol–water partition coefficient (Wildman–Crippen LogP) is 1.31. The Morgan fingerprint density at radius 1 is 1.38 bits per heavy atom. The van der Waals surface area contributed by atoms with Gasteiger partial charge in [0.25, 0.3) is 5.91 Å². The number of ether oxygens (including phenoxy) is 1. The first-order chi connectivity index (χ1) is 10.2. The highest BCUT2D eigenvalue weighted by molar-refractivity contribution is 5.93. The average molecular weight is 294 g/mol. The van der Waals surface area contributed by atoms with Gasteiger partial charge in [-0.15, -0.1) is 5.10 Å². The summed E-state index contributed by atoms with van der Waals surface area (Å²) in [6.45, 7) is 4.66. The van der Waals surface area contributed by atoms with Crippen LogP contribution in [0.25, 0.3) is 0 Å². The minimum atomic E-state index is -0.515. The normalized spacial score (nSPS) is 18.6. The molecule has 1 aliphatic rings. The standard InChI is InChI=1S/C14H22N4O3/c1-3-7-11-15-12(17-16-11)13(19)18-9-6-5-8-10(18)14(20)21-4-2/h10H,3-9H2,1-2H3,(H,15,16,17). The molecule has 1 atom stereocenters. The SMILES string of the molecule is CCCc1nc(C(=O)N2CCCCC2C(=O)OCC)n[nH]1. The van der Waals surface area contributed by atoms with Crippen LogP contribution >= 0.6 is 0 Å². The molecule has 0 spiro atoms. The van der Waals surface area contributed by atoms with E-state index in [9.17, 15) is 9.59 Å². The number of amides is 1. The summed E-state index contributed by atoms with van der Waals surface area (Å²) in [5, 5.41) is 6.74. The Morgan fingerprint density at radius 2 is 2.19 bits per heavy atom. The van der Waals surface area contributed by atoms with Crippen LogP contribution in [0, 0.1) is 0 Å². The first-order valence-electron chi connectivity index (χ1n) is 7.56. The summed E-state index contributed by atoms with van der Waals surface area (Å²) in [5.41, 5.74) is 0. The maximum absolute atomic E-state index is 12.5. The summed E-state index contributed by atoms with van der Waals surface area (Å²) in [6.07, 6.45) is 4.12. The van der Waals surface area contributed by atoms with Crippen molar-refractivity contribution in [2.75, 3.05) is 13.2 Å². The van der Waals surface area contributed by atoms with Crippen molar-refractivity contribution in [1.29, 1.82) is 0 Å². The van der Waals surface area contributed by atoms with Gasteiger partial charge in [-0.05, 0) is 32.6 Å². The van der Waals surface area contributed by atoms with E-state index >= 15 is 0 Å². The number of aromatic amines is 1. The summed E-state index contributed by atoms with van der Waals surface area (Å²) in [7, 11) is 0. The molecule has 0 bridgehead atoms. The van der Waals surface area contributed by atoms with E-state index in [-0.39, 0.29) is 17.7 Å². The Kier molecular flexibility index (Phi) is 5.30. The highest BCUT2D eigenvalue weighted by atomic mass is 16.5. The van der Waals surface area contributed by atoms with E-state index in [1.165, 1.54) is 0 Å². The molecule has 2 rings (SSSR count). The van der Waals surface area contributed by atoms with Crippen molar-refractivity contribution in [3.05, 3.63) is 11.6 Å². The molecule has 7 heteroatoms. The second-order valence-electron chi connectivity index (χ2n) is 5.12. The number of piperidine rings is 1. The molecule has 1 unspecified atom stereocenters. The third kappa shape index (κ3) is 3.59. The molecule has 2 heterocycles. The van der Waals surface area contributed by atoms with E-state index in [1.54, 1.807) is 11.8 Å². The molecule has 1 aromatic rings. The van der Waals surface area contributed by atoms with Crippen LogP contribution in [0.2, 0.25) is 0 Å². The van der Waals surface area contributed by atoms with E-state index in [0.29, 0.717) is 25.4 Å². The van der Waals surface area contributed by atoms with Crippen LogP contribution in [0.4, 0.5) is 0 Å². The number of hydrogen-bond donors (Lipinski definition) is 1. The minimum Gasteiger partial charge on any atom is -0.464 e. The zero-order chi connectivity index (χ0) is 15.2. The van der Waals surface area contributed by atoms with Crippen molar-refractivity contribution in [3.8, 4) is 0 Å². The van der Waals surface area contributed by atoms with Crippen molar-refractivity contribution >= 4 is 11.9 Å². The van der Waals surface area contributed by atoms with E-state index in [4.69, 9.17) is 4.74 Å². The Hall–Kier alpha value is -1.92. The third-order valence-electron chi connectivity index (χ3n) is 3.53. The molecule has 7 nitrogen and oxygen atoms in total. The van der Waals surface area contributed by atoms with Crippen LogP contribution in [0.1, 0.15) is 56.0 Å². The summed E-state index contributed by atoms with van der Waals surface area (Å²) in [6, 6.07) is -0.515. The first kappa shape index (κ1) is 15.5. The fourth-order valence-corrected chi connectivity index (χ4v) is 2.53. The number of rotatable bonds is 5. The topological polar surface area (TPSA) is 88.2 Å². The molecule has 0 aliphatic carbocycles. The molecule has 0 aromatic carbocycles. The van der Waals surface area contributed by atoms with Gasteiger partial charge in [0.2, 0.25) is 5.82 Å². The molecule has 21 heavy (non-hydrogen) atoms. The van der Waals surface area contributed by atoms with Crippen LogP contribution in [0.3, 0.4) is 0 Å². The summed E-state index contributed by atoms with van der Waals surface area (Å²) >= 11 is 0. The Morgan fingerprint density at radius 3 is 2.90 bits per heavy atom. The number of carbonyl (C=O) groups is 2. The number of aryl methyl sites for hydroxylation is 1. The van der Waals surface area contributed by atoms with Gasteiger partial charge in [-0.1, -0.05) is 6.92 Å². The Balaban J connectivity index is 2.12. The van der Waals surface area contributed by atoms with Crippen molar-refractivity contribution in [1.82, 2.24) is 20.1 Å². The van der Waals surface area contributed by atoms with Gasteiger partial charge in [-0.3, -0.25) is 9.89 Å². The van der Waals surface area contributed by atoms with Gasteiger partial charge in [0.05, 0.1) is 6.61 Å². The lowest BCUT2D eigenvalue weighted by atomic mass is 10.0. The number of hydrogen-bond acceptors (Lipinski definition) is 5. The maximum Gasteiger partial charge on any atom is 0.328 e. The van der Waals surface area contributed by atoms with E-state index < -0.39 is 6.04 Å². The molecule has 1 aliphatic heterocycles. The quantitative estimate of drug-likeness (QED) is 0.827. The van der Waals surface area contributed by atoms with Crippen LogP contribution in [0.15, 0.2) is 0 Å². The van der Waals surface area contributed by atoms with Gasteiger partial charge < -0.3 is 9.64 Å². The van der Waals surface area contributed by atoms with Gasteiger partial charge in [-0.25, -0.2) is 9.78 Å². The highest BCUT2D eigenvalue weighted by Crippen LogP contribution is 2.20. The van der Waals surface area contributed by atoms with Crippen molar-refractivity contribution in [2.45, 2.75) is 52.0 Å². The maximum atomic E-state index is 12.5. The number of aromatic nitrogens is 3. The van der Waals surface area contributed by atoms with Crippen molar-refractivity contribution in [3.63, 3.8) is 0 Å². The summed E-state index contributed by atoms with van der Waals surface area (Å²) in [5.74, 6) is 0.196. The smallest absolute Gasteiger partial charge is 0.328 e. The van der Waals surface area contributed by atoms with Gasteiger partial charge in [-0.2, -0.15) is 0 Å². The average Bonchev–Trinajstić information content (AvgIpc) is 2.96. The lowest BCUT2D eigenvalue weighted by molar-refractivity contribution is -0.149. The molecule has 1 fully saturated rings. The highest BCUT2D eigenvalue weighted by Gasteiger charge is 2.35. The Labute approximate surface area is 124 Å². The first-order valence-corrected chi connectivity index (χ1v) is 7.56. The van der Waals surface area contributed by atoms with Crippen LogP contribution in [-0.2, 0) is 16.0 Å². The van der Waals surface area contributed by atoms with Crippen molar-refractivity contribution in [2.24, 2.45) is 0 Å².